The zero-order chi connectivity index (χ0) is 11.0. The van der Waals surface area contributed by atoms with Crippen LogP contribution in [0.5, 0.6) is 0 Å². The number of amides is 1. The van der Waals surface area contributed by atoms with Gasteiger partial charge in [-0.05, 0) is 18.6 Å². The molecule has 0 spiro atoms. The van der Waals surface area contributed by atoms with Gasteiger partial charge in [0.25, 0.3) is 0 Å². The van der Waals surface area contributed by atoms with Crippen molar-refractivity contribution in [2.75, 3.05) is 17.2 Å². The average Bonchev–Trinajstić information content (AvgIpc) is 2.08. The molecule has 1 aliphatic heterocycles. The summed E-state index contributed by atoms with van der Waals surface area (Å²) in [6.45, 7) is 0.610. The molecule has 1 heterocycles. The van der Waals surface area contributed by atoms with Gasteiger partial charge in [-0.15, -0.1) is 0 Å². The minimum atomic E-state index is -0.441. The van der Waals surface area contributed by atoms with Crippen molar-refractivity contribution in [3.8, 4) is 0 Å². The maximum atomic E-state index is 13.5. The van der Waals surface area contributed by atoms with Gasteiger partial charge in [0.05, 0.1) is 11.4 Å². The van der Waals surface area contributed by atoms with E-state index in [1.165, 1.54) is 12.1 Å². The number of benzene rings is 1. The maximum absolute atomic E-state index is 13.5. The quantitative estimate of drug-likeness (QED) is 0.695. The minimum absolute atomic E-state index is 0.285. The lowest BCUT2D eigenvalue weighted by atomic mass is 10.0. The van der Waals surface area contributed by atoms with Gasteiger partial charge in [-0.3, -0.25) is 4.79 Å². The monoisotopic (exact) mass is 209 g/mol. The van der Waals surface area contributed by atoms with Crippen molar-refractivity contribution in [1.82, 2.24) is 0 Å². The summed E-state index contributed by atoms with van der Waals surface area (Å²) in [6.07, 6.45) is 0.656. The zero-order valence-electron chi connectivity index (χ0n) is 8.11. The smallest absolute Gasteiger partial charge is 0.240 e. The first-order valence-electron chi connectivity index (χ1n) is 4.71. The molecule has 0 aliphatic carbocycles. The van der Waals surface area contributed by atoms with Crippen molar-refractivity contribution in [2.24, 2.45) is 5.73 Å². The molecule has 80 valence electrons. The third-order valence-corrected chi connectivity index (χ3v) is 2.65. The van der Waals surface area contributed by atoms with Crippen LogP contribution >= 0.6 is 0 Å². The van der Waals surface area contributed by atoms with Crippen LogP contribution in [0.2, 0.25) is 0 Å². The highest BCUT2D eigenvalue weighted by atomic mass is 19.1. The van der Waals surface area contributed by atoms with E-state index in [1.54, 1.807) is 11.0 Å². The van der Waals surface area contributed by atoms with E-state index in [1.807, 2.05) is 0 Å². The topological polar surface area (TPSA) is 72.4 Å². The fourth-order valence-corrected chi connectivity index (χ4v) is 1.79. The van der Waals surface area contributed by atoms with Gasteiger partial charge >= 0.3 is 0 Å². The largest absolute Gasteiger partial charge is 0.397 e. The van der Waals surface area contributed by atoms with Crippen LogP contribution in [0, 0.1) is 5.82 Å². The Balaban J connectivity index is 2.34. The molecule has 0 bridgehead atoms. The Hall–Kier alpha value is -1.78. The molecular formula is C10H12FN3O. The number of hydrogen-bond acceptors (Lipinski definition) is 3. The van der Waals surface area contributed by atoms with Crippen molar-refractivity contribution in [2.45, 2.75) is 12.5 Å². The van der Waals surface area contributed by atoms with Gasteiger partial charge in [0.2, 0.25) is 5.91 Å². The van der Waals surface area contributed by atoms with Crippen LogP contribution in [0.15, 0.2) is 18.2 Å². The van der Waals surface area contributed by atoms with E-state index in [0.717, 1.165) is 0 Å². The number of para-hydroxylation sites is 1. The molecule has 1 saturated heterocycles. The first-order valence-corrected chi connectivity index (χ1v) is 4.71. The van der Waals surface area contributed by atoms with Gasteiger partial charge in [0.15, 0.2) is 0 Å². The van der Waals surface area contributed by atoms with E-state index >= 15 is 0 Å². The minimum Gasteiger partial charge on any atom is -0.397 e. The predicted molar refractivity (Wildman–Crippen MR) is 55.8 cm³/mol. The molecule has 1 aliphatic rings. The lowest BCUT2D eigenvalue weighted by Gasteiger charge is -2.41. The molecule has 2 rings (SSSR count). The van der Waals surface area contributed by atoms with Crippen LogP contribution in [-0.4, -0.2) is 18.5 Å². The maximum Gasteiger partial charge on any atom is 0.240 e. The Morgan fingerprint density at radius 2 is 2.27 bits per heavy atom. The van der Waals surface area contributed by atoms with Crippen LogP contribution < -0.4 is 16.4 Å². The molecule has 1 aromatic rings. The van der Waals surface area contributed by atoms with E-state index in [0.29, 0.717) is 18.7 Å². The lowest BCUT2D eigenvalue weighted by Crippen LogP contribution is -2.55. The molecule has 1 fully saturated rings. The Labute approximate surface area is 86.7 Å². The van der Waals surface area contributed by atoms with Gasteiger partial charge in [-0.25, -0.2) is 4.39 Å². The van der Waals surface area contributed by atoms with E-state index in [9.17, 15) is 9.18 Å². The van der Waals surface area contributed by atoms with Crippen LogP contribution in [0.4, 0.5) is 15.8 Å². The second-order valence-corrected chi connectivity index (χ2v) is 3.58. The number of carbonyl (C=O) groups excluding carboxylic acids is 1. The van der Waals surface area contributed by atoms with E-state index < -0.39 is 17.8 Å². The normalized spacial score (nSPS) is 19.8. The third kappa shape index (κ3) is 1.49. The first kappa shape index (κ1) is 9.76. The Morgan fingerprint density at radius 1 is 1.53 bits per heavy atom. The van der Waals surface area contributed by atoms with Gasteiger partial charge in [0.1, 0.15) is 11.9 Å². The summed E-state index contributed by atoms with van der Waals surface area (Å²) >= 11 is 0. The number of rotatable bonds is 2. The second-order valence-electron chi connectivity index (χ2n) is 3.58. The highest BCUT2D eigenvalue weighted by Gasteiger charge is 2.35. The molecule has 1 unspecified atom stereocenters. The number of hydrogen-bond donors (Lipinski definition) is 2. The van der Waals surface area contributed by atoms with Crippen molar-refractivity contribution < 1.29 is 9.18 Å². The summed E-state index contributed by atoms with van der Waals surface area (Å²) in [5.41, 5.74) is 11.5. The van der Waals surface area contributed by atoms with Crippen LogP contribution in [0.1, 0.15) is 6.42 Å². The molecule has 15 heavy (non-hydrogen) atoms. The summed E-state index contributed by atoms with van der Waals surface area (Å²) in [6, 6.07) is 4.04. The number of primary amides is 1. The molecule has 0 radical (unpaired) electrons. The van der Waals surface area contributed by atoms with Crippen molar-refractivity contribution in [3.63, 3.8) is 0 Å². The van der Waals surface area contributed by atoms with Crippen LogP contribution in [0.3, 0.4) is 0 Å². The molecule has 0 aromatic heterocycles. The Bertz CT molecular complexity index is 387. The Morgan fingerprint density at radius 3 is 2.73 bits per heavy atom. The zero-order valence-corrected chi connectivity index (χ0v) is 8.11. The predicted octanol–water partition coefficient (Wildman–Crippen LogP) is 0.472. The molecule has 4 N–H and O–H groups in total. The fourth-order valence-electron chi connectivity index (χ4n) is 1.79. The molecular weight excluding hydrogens is 197 g/mol. The van der Waals surface area contributed by atoms with Gasteiger partial charge in [0, 0.05) is 6.54 Å². The van der Waals surface area contributed by atoms with E-state index in [-0.39, 0.29) is 5.69 Å². The summed E-state index contributed by atoms with van der Waals surface area (Å²) < 4.78 is 13.5. The number of nitrogens with zero attached hydrogens (tertiary/aromatic N) is 1. The fraction of sp³-hybridized carbons (Fsp3) is 0.300. The molecule has 1 aromatic carbocycles. The van der Waals surface area contributed by atoms with Crippen molar-refractivity contribution in [1.29, 1.82) is 0 Å². The summed E-state index contributed by atoms with van der Waals surface area (Å²) in [4.78, 5) is 12.6. The van der Waals surface area contributed by atoms with E-state index in [2.05, 4.69) is 0 Å². The molecule has 1 atom stereocenters. The standard InChI is InChI=1S/C10H12FN3O/c11-6-2-1-3-7(12)9(6)14-5-4-8(14)10(13)15/h1-3,8H,4-5,12H2,(H2,13,15). The third-order valence-electron chi connectivity index (χ3n) is 2.65. The Kier molecular flexibility index (Phi) is 2.22. The highest BCUT2D eigenvalue weighted by molar-refractivity contribution is 5.87. The van der Waals surface area contributed by atoms with Crippen molar-refractivity contribution >= 4 is 17.3 Å². The van der Waals surface area contributed by atoms with Crippen LogP contribution in [-0.2, 0) is 4.79 Å². The van der Waals surface area contributed by atoms with Crippen molar-refractivity contribution in [3.05, 3.63) is 24.0 Å². The number of nitrogens with two attached hydrogens (primary N) is 2. The van der Waals surface area contributed by atoms with E-state index in [4.69, 9.17) is 11.5 Å². The molecule has 5 heteroatoms. The summed E-state index contributed by atoms with van der Waals surface area (Å²) in [5.74, 6) is -0.857. The summed E-state index contributed by atoms with van der Waals surface area (Å²) in [7, 11) is 0. The lowest BCUT2D eigenvalue weighted by molar-refractivity contribution is -0.120. The molecule has 0 saturated carbocycles. The summed E-state index contributed by atoms with van der Waals surface area (Å²) in [5, 5.41) is 0. The number of nitrogen functional groups attached to an aromatic ring is 1. The molecule has 4 nitrogen and oxygen atoms in total. The first-order chi connectivity index (χ1) is 7.11. The highest BCUT2D eigenvalue weighted by Crippen LogP contribution is 2.33. The van der Waals surface area contributed by atoms with Crippen LogP contribution in [0.25, 0.3) is 0 Å². The second kappa shape index (κ2) is 3.42. The number of anilines is 2. The number of halogens is 1. The number of carbonyl (C=O) groups is 1. The average molecular weight is 209 g/mol. The molecule has 1 amide bonds. The van der Waals surface area contributed by atoms with Gasteiger partial charge in [-0.1, -0.05) is 6.07 Å². The SMILES string of the molecule is NC(=O)C1CCN1c1c(N)cccc1F. The van der Waals surface area contributed by atoms with Gasteiger partial charge in [-0.2, -0.15) is 0 Å². The van der Waals surface area contributed by atoms with Gasteiger partial charge < -0.3 is 16.4 Å².